The molecule has 118 valence electrons. The zero-order valence-corrected chi connectivity index (χ0v) is 14.9. The molecule has 2 heterocycles. The third kappa shape index (κ3) is 3.47. The number of carbonyl (C=O) groups excluding carboxylic acids is 1. The maximum atomic E-state index is 12.6. The topological polar surface area (TPSA) is 47.3 Å². The molecule has 1 amide bonds. The van der Waals surface area contributed by atoms with Gasteiger partial charge in [0.2, 0.25) is 0 Å². The summed E-state index contributed by atoms with van der Waals surface area (Å²) < 4.78 is 0.820. The highest BCUT2D eigenvalue weighted by Crippen LogP contribution is 2.26. The number of nitrogens with zero attached hydrogens (tertiary/aromatic N) is 3. The van der Waals surface area contributed by atoms with E-state index in [0.717, 1.165) is 9.35 Å². The molecule has 1 unspecified atom stereocenters. The first-order valence-corrected chi connectivity index (χ1v) is 9.09. The molecule has 1 saturated heterocycles. The number of thiophene rings is 1. The summed E-state index contributed by atoms with van der Waals surface area (Å²) in [5.41, 5.74) is 0.691. The second-order valence-electron chi connectivity index (χ2n) is 5.36. The van der Waals surface area contributed by atoms with E-state index >= 15 is 0 Å². The number of nitriles is 1. The van der Waals surface area contributed by atoms with E-state index < -0.39 is 0 Å². The number of carbonyl (C=O) groups is 1. The van der Waals surface area contributed by atoms with Crippen LogP contribution in [0.1, 0.15) is 21.3 Å². The van der Waals surface area contributed by atoms with Gasteiger partial charge in [0.05, 0.1) is 11.6 Å². The summed E-state index contributed by atoms with van der Waals surface area (Å²) in [6, 6.07) is 13.6. The molecular formula is C17H16BrN3OS. The molecule has 0 saturated carbocycles. The Hall–Kier alpha value is -1.68. The Kier molecular flexibility index (Phi) is 5.11. The van der Waals surface area contributed by atoms with Crippen LogP contribution in [0.5, 0.6) is 0 Å². The fourth-order valence-electron chi connectivity index (χ4n) is 2.76. The number of benzene rings is 1. The fraction of sp³-hybridized carbons (Fsp3) is 0.294. The lowest BCUT2D eigenvalue weighted by Crippen LogP contribution is -2.49. The summed E-state index contributed by atoms with van der Waals surface area (Å²) in [7, 11) is 0. The Morgan fingerprint density at radius 1 is 1.17 bits per heavy atom. The minimum Gasteiger partial charge on any atom is -0.336 e. The molecule has 0 N–H and O–H groups in total. The Morgan fingerprint density at radius 3 is 2.52 bits per heavy atom. The van der Waals surface area contributed by atoms with Crippen molar-refractivity contribution < 1.29 is 4.79 Å². The van der Waals surface area contributed by atoms with Crippen molar-refractivity contribution in [1.29, 1.82) is 5.26 Å². The van der Waals surface area contributed by atoms with Crippen LogP contribution in [-0.4, -0.2) is 41.9 Å². The van der Waals surface area contributed by atoms with E-state index in [2.05, 4.69) is 26.9 Å². The SMILES string of the molecule is N#CC(c1cccs1)N1CCN(C(=O)c2ccccc2Br)CC1. The van der Waals surface area contributed by atoms with Crippen LogP contribution in [0.25, 0.3) is 0 Å². The predicted molar refractivity (Wildman–Crippen MR) is 94.3 cm³/mol. The highest BCUT2D eigenvalue weighted by Gasteiger charge is 2.28. The molecule has 1 aromatic carbocycles. The summed E-state index contributed by atoms with van der Waals surface area (Å²) in [5, 5.41) is 11.5. The summed E-state index contributed by atoms with van der Waals surface area (Å²) in [6.07, 6.45) is 0. The van der Waals surface area contributed by atoms with Gasteiger partial charge < -0.3 is 4.90 Å². The van der Waals surface area contributed by atoms with Crippen molar-refractivity contribution in [2.24, 2.45) is 0 Å². The van der Waals surface area contributed by atoms with Gasteiger partial charge in [-0.1, -0.05) is 18.2 Å². The first kappa shape index (κ1) is 16.2. The van der Waals surface area contributed by atoms with Crippen LogP contribution >= 0.6 is 27.3 Å². The van der Waals surface area contributed by atoms with Gasteiger partial charge in [0, 0.05) is 35.5 Å². The Morgan fingerprint density at radius 2 is 1.91 bits per heavy atom. The molecule has 0 radical (unpaired) electrons. The van der Waals surface area contributed by atoms with Crippen molar-refractivity contribution in [1.82, 2.24) is 9.80 Å². The van der Waals surface area contributed by atoms with Gasteiger partial charge in [-0.15, -0.1) is 11.3 Å². The maximum absolute atomic E-state index is 12.6. The van der Waals surface area contributed by atoms with Crippen LogP contribution in [0.3, 0.4) is 0 Å². The van der Waals surface area contributed by atoms with Gasteiger partial charge in [-0.3, -0.25) is 9.69 Å². The van der Waals surface area contributed by atoms with Crippen LogP contribution in [0, 0.1) is 11.3 Å². The number of rotatable bonds is 3. The van der Waals surface area contributed by atoms with E-state index in [0.29, 0.717) is 31.7 Å². The third-order valence-electron chi connectivity index (χ3n) is 4.01. The first-order valence-electron chi connectivity index (χ1n) is 7.41. The molecule has 1 atom stereocenters. The Bertz CT molecular complexity index is 718. The van der Waals surface area contributed by atoms with Crippen LogP contribution in [0.4, 0.5) is 0 Å². The zero-order chi connectivity index (χ0) is 16.2. The van der Waals surface area contributed by atoms with Crippen molar-refractivity contribution in [2.45, 2.75) is 6.04 Å². The molecule has 3 rings (SSSR count). The van der Waals surface area contributed by atoms with Crippen molar-refractivity contribution >= 4 is 33.2 Å². The largest absolute Gasteiger partial charge is 0.336 e. The molecule has 1 aliphatic rings. The highest BCUT2D eigenvalue weighted by atomic mass is 79.9. The summed E-state index contributed by atoms with van der Waals surface area (Å²) in [4.78, 5) is 17.7. The second-order valence-corrected chi connectivity index (χ2v) is 7.19. The molecule has 4 nitrogen and oxygen atoms in total. The molecule has 0 aliphatic carbocycles. The lowest BCUT2D eigenvalue weighted by Gasteiger charge is -2.36. The molecule has 0 bridgehead atoms. The molecule has 6 heteroatoms. The van der Waals surface area contributed by atoms with Gasteiger partial charge in [0.25, 0.3) is 5.91 Å². The highest BCUT2D eigenvalue weighted by molar-refractivity contribution is 9.10. The smallest absolute Gasteiger partial charge is 0.255 e. The Balaban J connectivity index is 1.66. The van der Waals surface area contributed by atoms with Crippen LogP contribution in [0.15, 0.2) is 46.3 Å². The second kappa shape index (κ2) is 7.26. The van der Waals surface area contributed by atoms with E-state index in [-0.39, 0.29) is 11.9 Å². The standard InChI is InChI=1S/C17H16BrN3OS/c18-14-5-2-1-4-13(14)17(22)21-9-7-20(8-10-21)15(12-19)16-6-3-11-23-16/h1-6,11,15H,7-10H2. The average Bonchev–Trinajstić information content (AvgIpc) is 3.10. The van der Waals surface area contributed by atoms with E-state index in [1.54, 1.807) is 11.3 Å². The quantitative estimate of drug-likeness (QED) is 0.806. The van der Waals surface area contributed by atoms with E-state index in [9.17, 15) is 10.1 Å². The molecule has 1 aromatic heterocycles. The van der Waals surface area contributed by atoms with Gasteiger partial charge in [0.15, 0.2) is 0 Å². The minimum atomic E-state index is -0.212. The lowest BCUT2D eigenvalue weighted by molar-refractivity contribution is 0.0607. The summed E-state index contributed by atoms with van der Waals surface area (Å²) in [5.74, 6) is 0.0433. The van der Waals surface area contributed by atoms with Crippen LogP contribution in [0.2, 0.25) is 0 Å². The van der Waals surface area contributed by atoms with Gasteiger partial charge >= 0.3 is 0 Å². The van der Waals surface area contributed by atoms with Crippen molar-refractivity contribution in [2.75, 3.05) is 26.2 Å². The van der Waals surface area contributed by atoms with E-state index in [1.165, 1.54) is 0 Å². The first-order chi connectivity index (χ1) is 11.2. The molecule has 2 aromatic rings. The third-order valence-corrected chi connectivity index (χ3v) is 5.62. The number of hydrogen-bond acceptors (Lipinski definition) is 4. The van der Waals surface area contributed by atoms with Gasteiger partial charge in [-0.2, -0.15) is 5.26 Å². The average molecular weight is 390 g/mol. The van der Waals surface area contributed by atoms with Crippen LogP contribution < -0.4 is 0 Å². The maximum Gasteiger partial charge on any atom is 0.255 e. The predicted octanol–water partition coefficient (Wildman–Crippen LogP) is 3.53. The Labute approximate surface area is 148 Å². The van der Waals surface area contributed by atoms with Crippen molar-refractivity contribution in [3.05, 3.63) is 56.7 Å². The molecule has 1 fully saturated rings. The normalized spacial score (nSPS) is 16.8. The lowest BCUT2D eigenvalue weighted by atomic mass is 10.1. The summed E-state index contributed by atoms with van der Waals surface area (Å²) in [6.45, 7) is 2.71. The fourth-order valence-corrected chi connectivity index (χ4v) is 4.02. The van der Waals surface area contributed by atoms with Crippen LogP contribution in [-0.2, 0) is 0 Å². The monoisotopic (exact) mass is 389 g/mol. The minimum absolute atomic E-state index is 0.0433. The molecule has 0 spiro atoms. The van der Waals surface area contributed by atoms with Gasteiger partial charge in [-0.25, -0.2) is 0 Å². The number of piperazine rings is 1. The molecular weight excluding hydrogens is 374 g/mol. The van der Waals surface area contributed by atoms with Gasteiger partial charge in [0.1, 0.15) is 6.04 Å². The van der Waals surface area contributed by atoms with Gasteiger partial charge in [-0.05, 0) is 39.5 Å². The number of halogens is 1. The van der Waals surface area contributed by atoms with E-state index in [4.69, 9.17) is 0 Å². The number of hydrogen-bond donors (Lipinski definition) is 0. The summed E-state index contributed by atoms with van der Waals surface area (Å²) >= 11 is 5.04. The zero-order valence-electron chi connectivity index (χ0n) is 12.5. The van der Waals surface area contributed by atoms with E-state index in [1.807, 2.05) is 46.7 Å². The van der Waals surface area contributed by atoms with Crippen molar-refractivity contribution in [3.63, 3.8) is 0 Å². The molecule has 1 aliphatic heterocycles. The van der Waals surface area contributed by atoms with Crippen molar-refractivity contribution in [3.8, 4) is 6.07 Å². The number of amides is 1. The molecule has 23 heavy (non-hydrogen) atoms.